The first-order valence-corrected chi connectivity index (χ1v) is 12.0. The van der Waals surface area contributed by atoms with Crippen LogP contribution in [-0.2, 0) is 21.5 Å². The minimum Gasteiger partial charge on any atom is -0.382 e. The molecule has 0 heterocycles. The molecule has 0 radical (unpaired) electrons. The second kappa shape index (κ2) is 9.63. The lowest BCUT2D eigenvalue weighted by Gasteiger charge is -2.33. The van der Waals surface area contributed by atoms with Gasteiger partial charge in [0.2, 0.25) is 5.91 Å². The van der Waals surface area contributed by atoms with Gasteiger partial charge in [0.05, 0.1) is 6.26 Å². The summed E-state index contributed by atoms with van der Waals surface area (Å²) in [5.41, 5.74) is 1.63. The Balaban J connectivity index is 2.35. The Morgan fingerprint density at radius 3 is 2.32 bits per heavy atom. The average Bonchev–Trinajstić information content (AvgIpc) is 2.54. The summed E-state index contributed by atoms with van der Waals surface area (Å²) >= 11 is 0. The van der Waals surface area contributed by atoms with Crippen LogP contribution in [0.5, 0.6) is 5.75 Å². The number of carbonyl (C=O) groups excluding carboxylic acids is 1. The average molecular weight is 411 g/mol. The van der Waals surface area contributed by atoms with Crippen molar-refractivity contribution in [3.63, 3.8) is 0 Å². The predicted molar refractivity (Wildman–Crippen MR) is 113 cm³/mol. The topological polar surface area (TPSA) is 66.9 Å². The molecule has 1 amide bonds. The highest BCUT2D eigenvalue weighted by atomic mass is 32.2. The van der Waals surface area contributed by atoms with Crippen molar-refractivity contribution < 1.29 is 17.4 Å². The molecule has 2 rings (SSSR count). The first-order chi connectivity index (χ1) is 13.1. The third-order valence-corrected chi connectivity index (χ3v) is 5.62. The molecule has 7 heteroatoms. The first kappa shape index (κ1) is 22.5. The van der Waals surface area contributed by atoms with Crippen molar-refractivity contribution in [3.05, 3.63) is 23.8 Å². The Hall–Kier alpha value is -1.76. The Morgan fingerprint density at radius 1 is 1.21 bits per heavy atom. The van der Waals surface area contributed by atoms with E-state index in [1.807, 2.05) is 17.0 Å². The number of hydrogen-bond donors (Lipinski definition) is 0. The largest absolute Gasteiger partial charge is 0.382 e. The summed E-state index contributed by atoms with van der Waals surface area (Å²) in [7, 11) is -3.67. The van der Waals surface area contributed by atoms with E-state index in [1.165, 1.54) is 0 Å². The minimum absolute atomic E-state index is 0.105. The van der Waals surface area contributed by atoms with Crippen LogP contribution in [0.25, 0.3) is 0 Å². The molecule has 6 nitrogen and oxygen atoms in total. The van der Waals surface area contributed by atoms with Crippen LogP contribution in [-0.4, -0.2) is 45.1 Å². The van der Waals surface area contributed by atoms with E-state index in [1.54, 1.807) is 6.07 Å². The van der Waals surface area contributed by atoms with E-state index >= 15 is 0 Å². The number of carbonyl (C=O) groups is 1. The van der Waals surface area contributed by atoms with Crippen molar-refractivity contribution in [2.24, 2.45) is 11.8 Å². The fraction of sp³-hybridized carbons (Fsp3) is 0.667. The highest BCUT2D eigenvalue weighted by Gasteiger charge is 2.30. The summed E-state index contributed by atoms with van der Waals surface area (Å²) in [4.78, 5) is 16.9. The van der Waals surface area contributed by atoms with Gasteiger partial charge in [-0.2, -0.15) is 8.42 Å². The van der Waals surface area contributed by atoms with E-state index in [4.69, 9.17) is 4.18 Å². The van der Waals surface area contributed by atoms with Crippen molar-refractivity contribution in [1.29, 1.82) is 0 Å². The maximum Gasteiger partial charge on any atom is 0.306 e. The summed E-state index contributed by atoms with van der Waals surface area (Å²) in [6.45, 7) is 10.9. The summed E-state index contributed by atoms with van der Waals surface area (Å²) in [5, 5.41) is 0. The molecule has 0 atom stereocenters. The molecule has 1 aromatic rings. The van der Waals surface area contributed by atoms with Crippen molar-refractivity contribution in [1.82, 2.24) is 4.90 Å². The van der Waals surface area contributed by atoms with Crippen LogP contribution >= 0.6 is 0 Å². The lowest BCUT2D eigenvalue weighted by molar-refractivity contribution is -0.139. The van der Waals surface area contributed by atoms with Crippen LogP contribution < -0.4 is 9.08 Å². The van der Waals surface area contributed by atoms with Gasteiger partial charge in [-0.05, 0) is 38.7 Å². The van der Waals surface area contributed by atoms with Gasteiger partial charge in [0, 0.05) is 49.4 Å². The predicted octanol–water partition coefficient (Wildman–Crippen LogP) is 3.66. The minimum atomic E-state index is -3.67. The molecule has 0 N–H and O–H groups in total. The van der Waals surface area contributed by atoms with Crippen LogP contribution in [0.2, 0.25) is 0 Å². The molecule has 1 aromatic carbocycles. The van der Waals surface area contributed by atoms with Crippen LogP contribution in [0.1, 0.15) is 52.5 Å². The number of amides is 1. The second-order valence-electron chi connectivity index (χ2n) is 7.99. The maximum atomic E-state index is 12.9. The molecular weight excluding hydrogens is 376 g/mol. The number of benzene rings is 1. The number of anilines is 1. The summed E-state index contributed by atoms with van der Waals surface area (Å²) in [5.74, 6) is 0.909. The lowest BCUT2D eigenvalue weighted by atomic mass is 9.84. The molecule has 158 valence electrons. The fourth-order valence-corrected chi connectivity index (χ4v) is 3.97. The Bertz CT molecular complexity index is 769. The van der Waals surface area contributed by atoms with Crippen LogP contribution in [0.15, 0.2) is 18.2 Å². The van der Waals surface area contributed by atoms with Gasteiger partial charge in [0.25, 0.3) is 0 Å². The fourth-order valence-electron chi connectivity index (χ4n) is 3.49. The van der Waals surface area contributed by atoms with Crippen molar-refractivity contribution in [2.75, 3.05) is 30.8 Å². The number of rotatable bonds is 10. The maximum absolute atomic E-state index is 12.9. The zero-order chi connectivity index (χ0) is 20.9. The van der Waals surface area contributed by atoms with Crippen molar-refractivity contribution in [2.45, 2.75) is 53.5 Å². The summed E-state index contributed by atoms with van der Waals surface area (Å²) in [6, 6.07) is 5.62. The highest BCUT2D eigenvalue weighted by Crippen LogP contribution is 2.32. The van der Waals surface area contributed by atoms with Gasteiger partial charge in [-0.25, -0.2) is 0 Å². The van der Waals surface area contributed by atoms with E-state index in [0.717, 1.165) is 49.9 Å². The molecule has 1 aliphatic carbocycles. The Labute approximate surface area is 170 Å². The van der Waals surface area contributed by atoms with E-state index in [0.29, 0.717) is 24.8 Å². The normalized spacial score (nSPS) is 14.6. The van der Waals surface area contributed by atoms with Gasteiger partial charge >= 0.3 is 10.1 Å². The van der Waals surface area contributed by atoms with Crippen molar-refractivity contribution in [3.8, 4) is 5.75 Å². The van der Waals surface area contributed by atoms with E-state index in [2.05, 4.69) is 32.6 Å². The standard InChI is InChI=1S/C21H34N2O4S/c1-6-22(7-2)19-12-11-18(20(13-19)27-28(5,25)26)15-23(14-16(3)4)21(24)17-9-8-10-17/h11-13,16-17H,6-10,14-15H2,1-5H3. The Morgan fingerprint density at radius 2 is 1.86 bits per heavy atom. The van der Waals surface area contributed by atoms with Gasteiger partial charge in [-0.15, -0.1) is 0 Å². The van der Waals surface area contributed by atoms with Crippen LogP contribution in [0.4, 0.5) is 5.69 Å². The molecule has 0 aliphatic heterocycles. The van der Waals surface area contributed by atoms with Gasteiger partial charge < -0.3 is 14.0 Å². The summed E-state index contributed by atoms with van der Waals surface area (Å²) in [6.07, 6.45) is 4.04. The van der Waals surface area contributed by atoms with Crippen molar-refractivity contribution >= 4 is 21.7 Å². The van der Waals surface area contributed by atoms with Gasteiger partial charge in [0.15, 0.2) is 0 Å². The first-order valence-electron chi connectivity index (χ1n) is 10.2. The molecule has 0 bridgehead atoms. The van der Waals surface area contributed by atoms with E-state index in [9.17, 15) is 13.2 Å². The van der Waals surface area contributed by atoms with E-state index < -0.39 is 10.1 Å². The molecule has 28 heavy (non-hydrogen) atoms. The monoisotopic (exact) mass is 410 g/mol. The third-order valence-electron chi connectivity index (χ3n) is 5.13. The number of hydrogen-bond acceptors (Lipinski definition) is 5. The number of nitrogens with zero attached hydrogens (tertiary/aromatic N) is 2. The highest BCUT2D eigenvalue weighted by molar-refractivity contribution is 7.86. The second-order valence-corrected chi connectivity index (χ2v) is 9.57. The smallest absolute Gasteiger partial charge is 0.306 e. The SMILES string of the molecule is CCN(CC)c1ccc(CN(CC(C)C)C(=O)C2CCC2)c(OS(C)(=O)=O)c1. The third kappa shape index (κ3) is 6.12. The molecular formula is C21H34N2O4S. The molecule has 0 aromatic heterocycles. The summed E-state index contributed by atoms with van der Waals surface area (Å²) < 4.78 is 28.9. The lowest BCUT2D eigenvalue weighted by Crippen LogP contribution is -2.40. The van der Waals surface area contributed by atoms with Gasteiger partial charge in [-0.1, -0.05) is 26.3 Å². The van der Waals surface area contributed by atoms with Crippen LogP contribution in [0.3, 0.4) is 0 Å². The zero-order valence-corrected chi connectivity index (χ0v) is 18.6. The van der Waals surface area contributed by atoms with Gasteiger partial charge in [0.1, 0.15) is 5.75 Å². The Kier molecular flexibility index (Phi) is 7.75. The zero-order valence-electron chi connectivity index (χ0n) is 17.8. The van der Waals surface area contributed by atoms with E-state index in [-0.39, 0.29) is 11.8 Å². The molecule has 1 fully saturated rings. The van der Waals surface area contributed by atoms with Gasteiger partial charge in [-0.3, -0.25) is 4.79 Å². The van der Waals surface area contributed by atoms with Crippen LogP contribution in [0, 0.1) is 11.8 Å². The molecule has 0 spiro atoms. The molecule has 0 unspecified atom stereocenters. The molecule has 1 saturated carbocycles. The molecule has 1 aliphatic rings. The quantitative estimate of drug-likeness (QED) is 0.551. The molecule has 0 saturated heterocycles.